The summed E-state index contributed by atoms with van der Waals surface area (Å²) in [6, 6.07) is 156. The molecule has 4 aliphatic rings. The van der Waals surface area contributed by atoms with E-state index in [1.54, 1.807) is 0 Å². The molecule has 596 valence electrons. The van der Waals surface area contributed by atoms with Crippen molar-refractivity contribution in [1.82, 2.24) is 39.9 Å². The molecule has 0 saturated heterocycles. The highest BCUT2D eigenvalue weighted by molar-refractivity contribution is 7.99. The van der Waals surface area contributed by atoms with Gasteiger partial charge in [-0.2, -0.15) is 0 Å². The molecule has 0 fully saturated rings. The van der Waals surface area contributed by atoms with E-state index < -0.39 is 10.8 Å². The first kappa shape index (κ1) is 74.6. The molecule has 10 heteroatoms. The molecule has 2 spiro atoms. The van der Waals surface area contributed by atoms with E-state index in [4.69, 9.17) is 39.9 Å². The molecule has 0 atom stereocenters. The Bertz CT molecular complexity index is 8090. The molecule has 0 amide bonds. The van der Waals surface area contributed by atoms with Gasteiger partial charge < -0.3 is 0 Å². The van der Waals surface area contributed by atoms with Crippen molar-refractivity contribution in [3.8, 4) is 135 Å². The smallest absolute Gasteiger partial charge is 0.164 e. The normalized spacial score (nSPS) is 13.1. The summed E-state index contributed by atoms with van der Waals surface area (Å²) in [6.07, 6.45) is 0. The lowest BCUT2D eigenvalue weighted by molar-refractivity contribution is 0.724. The molecule has 0 saturated carbocycles. The molecular weight excluding hydrogens is 1590 g/mol. The first-order valence-corrected chi connectivity index (χ1v) is 44.9. The molecule has 0 N–H and O–H groups in total. The topological polar surface area (TPSA) is 103 Å². The molecule has 6 heterocycles. The van der Waals surface area contributed by atoms with Crippen molar-refractivity contribution in [2.24, 2.45) is 0 Å². The lowest BCUT2D eigenvalue weighted by atomic mass is 9.67. The Hall–Kier alpha value is -16.0. The van der Waals surface area contributed by atoms with Gasteiger partial charge in [-0.05, 0) is 154 Å². The van der Waals surface area contributed by atoms with Gasteiger partial charge in [-0.15, -0.1) is 0 Å². The van der Waals surface area contributed by atoms with Crippen LogP contribution in [0.5, 0.6) is 0 Å². The Morgan fingerprint density at radius 3 is 0.789 bits per heavy atom. The van der Waals surface area contributed by atoms with Crippen LogP contribution in [0.4, 0.5) is 0 Å². The number of aromatic nitrogens is 8. The van der Waals surface area contributed by atoms with E-state index in [-0.39, 0.29) is 0 Å². The van der Waals surface area contributed by atoms with Gasteiger partial charge in [0.05, 0.1) is 33.3 Å². The Morgan fingerprint density at radius 1 is 0.148 bits per heavy atom. The maximum Gasteiger partial charge on any atom is 0.164 e. The second kappa shape index (κ2) is 30.5. The molecule has 0 bridgehead atoms. The average molecular weight is 1670 g/mol. The van der Waals surface area contributed by atoms with Crippen LogP contribution in [0, 0.1) is 0 Å². The second-order valence-electron chi connectivity index (χ2n) is 33.0. The zero-order chi connectivity index (χ0) is 84.4. The summed E-state index contributed by atoms with van der Waals surface area (Å²) in [6.45, 7) is 0. The second-order valence-corrected chi connectivity index (χ2v) is 35.2. The average Bonchev–Trinajstić information content (AvgIpc) is 1.49. The first-order chi connectivity index (χ1) is 63.4. The number of pyridine rings is 2. The monoisotopic (exact) mass is 1660 g/mol. The van der Waals surface area contributed by atoms with Crippen LogP contribution in [0.1, 0.15) is 44.5 Å². The van der Waals surface area contributed by atoms with Crippen LogP contribution in [0.15, 0.2) is 456 Å². The fourth-order valence-corrected chi connectivity index (χ4v) is 22.6. The highest BCUT2D eigenvalue weighted by Crippen LogP contribution is 2.65. The van der Waals surface area contributed by atoms with Crippen molar-refractivity contribution >= 4 is 66.9 Å². The van der Waals surface area contributed by atoms with E-state index in [1.807, 2.05) is 121 Å². The summed E-state index contributed by atoms with van der Waals surface area (Å²) in [7, 11) is 0. The molecule has 8 nitrogen and oxygen atoms in total. The predicted molar refractivity (Wildman–Crippen MR) is 522 cm³/mol. The van der Waals surface area contributed by atoms with Gasteiger partial charge in [0, 0.05) is 85.6 Å². The largest absolute Gasteiger partial charge is 0.247 e. The summed E-state index contributed by atoms with van der Waals surface area (Å²) in [5.41, 5.74) is 31.0. The van der Waals surface area contributed by atoms with Crippen molar-refractivity contribution in [2.75, 3.05) is 0 Å². The van der Waals surface area contributed by atoms with Gasteiger partial charge in [0.25, 0.3) is 0 Å². The number of benzene rings is 18. The molecule has 128 heavy (non-hydrogen) atoms. The van der Waals surface area contributed by atoms with Crippen LogP contribution < -0.4 is 0 Å². The van der Waals surface area contributed by atoms with Gasteiger partial charge >= 0.3 is 0 Å². The third-order valence-electron chi connectivity index (χ3n) is 26.0. The highest BCUT2D eigenvalue weighted by atomic mass is 32.2. The highest BCUT2D eigenvalue weighted by Gasteiger charge is 2.52. The third-order valence-corrected chi connectivity index (χ3v) is 28.3. The quantitative estimate of drug-likeness (QED) is 0.123. The summed E-state index contributed by atoms with van der Waals surface area (Å²) in [4.78, 5) is 45.9. The van der Waals surface area contributed by atoms with E-state index in [0.717, 1.165) is 111 Å². The zero-order valence-corrected chi connectivity index (χ0v) is 70.6. The van der Waals surface area contributed by atoms with Crippen LogP contribution in [0.25, 0.3) is 179 Å². The molecule has 2 aliphatic carbocycles. The minimum Gasteiger partial charge on any atom is -0.247 e. The van der Waals surface area contributed by atoms with E-state index in [2.05, 4.69) is 340 Å². The summed E-state index contributed by atoms with van der Waals surface area (Å²) < 4.78 is 0. The molecule has 18 aromatic carbocycles. The molecular formula is C118H72N8S2. The maximum absolute atomic E-state index is 5.42. The minimum absolute atomic E-state index is 0.446. The fraction of sp³-hybridized carbons (Fsp3) is 0.0169. The zero-order valence-electron chi connectivity index (χ0n) is 69.0. The number of rotatable bonds is 10. The SMILES string of the molecule is c1ccc(-c2cccc(-c3nc(-c4ccccc4)nc(-c4ccc(-c5nc6ccccc6c6cc7c(cc56)Sc5ccccc5C75c6ccccc6-c6ccccc65)cc4)n3)c2)cc1.c1ccc(-c2nc(-c3ccccc3)nc(-c3ccc(-c4ccc(-c5nc6ccccc6c6cc7c(cc56)Sc5ccccc5C75c6ccccc6-c6ccccc65)cc4)cc3)n2)cc1. The van der Waals surface area contributed by atoms with Crippen molar-refractivity contribution in [3.63, 3.8) is 0 Å². The predicted octanol–water partition coefficient (Wildman–Crippen LogP) is 29.5. The molecule has 0 radical (unpaired) electrons. The molecule has 22 aromatic rings. The van der Waals surface area contributed by atoms with Crippen LogP contribution in [-0.2, 0) is 10.8 Å². The van der Waals surface area contributed by atoms with E-state index >= 15 is 0 Å². The van der Waals surface area contributed by atoms with E-state index in [9.17, 15) is 0 Å². The minimum atomic E-state index is -0.463. The van der Waals surface area contributed by atoms with Gasteiger partial charge in [-0.3, -0.25) is 0 Å². The number of hydrogen-bond acceptors (Lipinski definition) is 10. The Labute approximate surface area is 748 Å². The van der Waals surface area contributed by atoms with Crippen LogP contribution in [0.3, 0.4) is 0 Å². The number of hydrogen-bond donors (Lipinski definition) is 0. The summed E-state index contributed by atoms with van der Waals surface area (Å²) >= 11 is 3.74. The molecule has 0 unspecified atom stereocenters. The van der Waals surface area contributed by atoms with Crippen LogP contribution in [0.2, 0.25) is 0 Å². The Balaban J connectivity index is 0.000000139. The van der Waals surface area contributed by atoms with Gasteiger partial charge in [-0.1, -0.05) is 406 Å². The van der Waals surface area contributed by atoms with Gasteiger partial charge in [0.15, 0.2) is 34.9 Å². The Kier molecular flexibility index (Phi) is 17.8. The number of para-hydroxylation sites is 2. The molecule has 4 aromatic heterocycles. The van der Waals surface area contributed by atoms with Crippen molar-refractivity contribution in [1.29, 1.82) is 0 Å². The lowest BCUT2D eigenvalue weighted by Crippen LogP contribution is -2.32. The Morgan fingerprint density at radius 2 is 0.414 bits per heavy atom. The molecule has 26 rings (SSSR count). The third kappa shape index (κ3) is 12.2. The fourth-order valence-electron chi connectivity index (χ4n) is 20.2. The van der Waals surface area contributed by atoms with Gasteiger partial charge in [-0.25, -0.2) is 39.9 Å². The lowest BCUT2D eigenvalue weighted by Gasteiger charge is -2.40. The summed E-state index contributed by atoms with van der Waals surface area (Å²) in [5.74, 6) is 3.81. The first-order valence-electron chi connectivity index (χ1n) is 43.3. The van der Waals surface area contributed by atoms with E-state index in [1.165, 1.54) is 97.1 Å². The van der Waals surface area contributed by atoms with Crippen molar-refractivity contribution < 1.29 is 0 Å². The maximum atomic E-state index is 5.42. The van der Waals surface area contributed by atoms with Crippen LogP contribution in [-0.4, -0.2) is 39.9 Å². The van der Waals surface area contributed by atoms with Crippen LogP contribution >= 0.6 is 23.5 Å². The van der Waals surface area contributed by atoms with Gasteiger partial charge in [0.1, 0.15) is 0 Å². The molecule has 2 aliphatic heterocycles. The number of fused-ring (bicyclic) bond motifs is 24. The van der Waals surface area contributed by atoms with Gasteiger partial charge in [0.2, 0.25) is 0 Å². The van der Waals surface area contributed by atoms with E-state index in [0.29, 0.717) is 34.9 Å². The number of nitrogens with zero attached hydrogens (tertiary/aromatic N) is 8. The standard InChI is InChI=1S/2C59H36N4S/c1-3-16-37(17-4-1)41-20-15-21-42(34-41)58-62-56(39-18-5-2-6-19-39)61-57(63-58)40-32-30-38(31-33-40)55-47-36-54-51(35-46(47)45-24-9-13-28-52(45)60-55)59(50-27-12-14-29-53(50)64-54)48-25-10-7-22-43(48)44-23-8-11-26-49(44)59;1-3-15-40(16-4-1)56-61-57(41-17-5-2-6-18-41)63-58(62-56)42-33-29-38(30-34-42)37-27-31-39(32-28-37)55-47-36-54-51(35-46(47)45-21-9-13-25-52(45)60-55)59(50-24-12-14-26-53(50)64-54)48-22-10-7-19-43(48)44-20-8-11-23-49(44)59/h2*1-36H. The van der Waals surface area contributed by atoms with Crippen molar-refractivity contribution in [2.45, 2.75) is 30.4 Å². The van der Waals surface area contributed by atoms with Crippen molar-refractivity contribution in [3.05, 3.63) is 481 Å². The summed E-state index contributed by atoms with van der Waals surface area (Å²) in [5, 5.41) is 6.98.